The van der Waals surface area contributed by atoms with Crippen LogP contribution in [0, 0.1) is 11.3 Å². The Labute approximate surface area is 89.2 Å². The van der Waals surface area contributed by atoms with Crippen molar-refractivity contribution in [1.29, 1.82) is 0 Å². The third-order valence-corrected chi connectivity index (χ3v) is 3.02. The van der Waals surface area contributed by atoms with Crippen molar-refractivity contribution in [2.45, 2.75) is 39.8 Å². The van der Waals surface area contributed by atoms with Gasteiger partial charge in [0.1, 0.15) is 6.04 Å². The third-order valence-electron chi connectivity index (χ3n) is 3.02. The average molecular weight is 214 g/mol. The number of rotatable bonds is 2. The first-order valence-corrected chi connectivity index (χ1v) is 5.06. The fourth-order valence-corrected chi connectivity index (χ4v) is 2.27. The van der Waals surface area contributed by atoms with E-state index in [2.05, 4.69) is 10.6 Å². The Morgan fingerprint density at radius 1 is 1.40 bits per heavy atom. The summed E-state index contributed by atoms with van der Waals surface area (Å²) in [5.41, 5.74) is -0.506. The van der Waals surface area contributed by atoms with Gasteiger partial charge in [-0.3, -0.25) is 0 Å². The molecule has 1 saturated heterocycles. The van der Waals surface area contributed by atoms with Crippen LogP contribution in [0.2, 0.25) is 0 Å². The molecule has 0 spiro atoms. The zero-order valence-corrected chi connectivity index (χ0v) is 9.50. The van der Waals surface area contributed by atoms with Crippen LogP contribution >= 0.6 is 0 Å². The summed E-state index contributed by atoms with van der Waals surface area (Å²) in [7, 11) is 0. The summed E-state index contributed by atoms with van der Waals surface area (Å²) in [6.45, 7) is 7.64. The topological polar surface area (TPSA) is 78.4 Å². The third kappa shape index (κ3) is 2.06. The zero-order valence-electron chi connectivity index (χ0n) is 9.50. The molecule has 2 unspecified atom stereocenters. The molecule has 86 valence electrons. The summed E-state index contributed by atoms with van der Waals surface area (Å²) >= 11 is 0. The molecule has 1 heterocycles. The molecule has 0 aromatic rings. The maximum atomic E-state index is 11.3. The highest BCUT2D eigenvalue weighted by Crippen LogP contribution is 2.32. The molecule has 3 N–H and O–H groups in total. The van der Waals surface area contributed by atoms with Gasteiger partial charge in [0.2, 0.25) is 0 Å². The van der Waals surface area contributed by atoms with Gasteiger partial charge in [0.25, 0.3) is 0 Å². The zero-order chi connectivity index (χ0) is 11.8. The molecular formula is C10H18N2O3. The van der Waals surface area contributed by atoms with Crippen molar-refractivity contribution in [2.24, 2.45) is 11.3 Å². The minimum Gasteiger partial charge on any atom is -0.480 e. The first-order chi connectivity index (χ1) is 6.76. The predicted octanol–water partition coefficient (Wildman–Crippen LogP) is 0.803. The molecule has 1 aliphatic heterocycles. The highest BCUT2D eigenvalue weighted by molar-refractivity contribution is 5.85. The Bertz CT molecular complexity index is 286. The average Bonchev–Trinajstić information content (AvgIpc) is 2.07. The molecule has 2 atom stereocenters. The van der Waals surface area contributed by atoms with E-state index in [1.807, 2.05) is 27.7 Å². The van der Waals surface area contributed by atoms with E-state index in [4.69, 9.17) is 5.11 Å². The van der Waals surface area contributed by atoms with Crippen LogP contribution < -0.4 is 10.6 Å². The normalized spacial score (nSPS) is 29.5. The number of carbonyl (C=O) groups is 2. The quantitative estimate of drug-likeness (QED) is 0.636. The summed E-state index contributed by atoms with van der Waals surface area (Å²) in [6.07, 6.45) is 0. The van der Waals surface area contributed by atoms with Gasteiger partial charge < -0.3 is 15.7 Å². The van der Waals surface area contributed by atoms with Gasteiger partial charge in [-0.15, -0.1) is 0 Å². The van der Waals surface area contributed by atoms with E-state index < -0.39 is 23.5 Å². The Balaban J connectivity index is 3.00. The summed E-state index contributed by atoms with van der Waals surface area (Å²) in [5.74, 6) is -0.784. The molecule has 0 aromatic heterocycles. The highest BCUT2D eigenvalue weighted by Gasteiger charge is 2.47. The number of carbonyl (C=O) groups excluding carboxylic acids is 1. The van der Waals surface area contributed by atoms with Crippen molar-refractivity contribution in [2.75, 3.05) is 0 Å². The van der Waals surface area contributed by atoms with Crippen LogP contribution in [0.4, 0.5) is 4.79 Å². The molecule has 1 fully saturated rings. The van der Waals surface area contributed by atoms with Crippen molar-refractivity contribution < 1.29 is 14.7 Å². The molecule has 1 rings (SSSR count). The van der Waals surface area contributed by atoms with Gasteiger partial charge in [0, 0.05) is 11.5 Å². The Kier molecular flexibility index (Phi) is 2.93. The van der Waals surface area contributed by atoms with Gasteiger partial charge in [-0.05, 0) is 5.92 Å². The summed E-state index contributed by atoms with van der Waals surface area (Å²) < 4.78 is 0. The van der Waals surface area contributed by atoms with Crippen LogP contribution in [0.15, 0.2) is 0 Å². The number of carboxylic acid groups (broad SMARTS) is 1. The molecule has 0 aliphatic carbocycles. The standard InChI is InChI=1S/C10H18N2O3/c1-5(2)6-10(3,4)7(8(13)14)12-9(15)11-6/h5-7H,1-4H3,(H,13,14)(H2,11,12,15). The van der Waals surface area contributed by atoms with E-state index in [-0.39, 0.29) is 12.0 Å². The van der Waals surface area contributed by atoms with Crippen LogP contribution in [-0.2, 0) is 4.79 Å². The van der Waals surface area contributed by atoms with E-state index in [0.29, 0.717) is 0 Å². The second kappa shape index (κ2) is 3.72. The summed E-state index contributed by atoms with van der Waals surface area (Å²) in [5, 5.41) is 14.3. The van der Waals surface area contributed by atoms with Crippen LogP contribution in [0.3, 0.4) is 0 Å². The number of nitrogens with one attached hydrogen (secondary N) is 2. The minimum absolute atomic E-state index is 0.132. The number of carboxylic acids is 1. The Morgan fingerprint density at radius 3 is 2.33 bits per heavy atom. The molecule has 5 nitrogen and oxygen atoms in total. The molecule has 0 bridgehead atoms. The number of urea groups is 1. The van der Waals surface area contributed by atoms with Crippen LogP contribution in [0.25, 0.3) is 0 Å². The number of amides is 2. The van der Waals surface area contributed by atoms with Gasteiger partial charge in [-0.1, -0.05) is 27.7 Å². The maximum Gasteiger partial charge on any atom is 0.326 e. The largest absolute Gasteiger partial charge is 0.480 e. The highest BCUT2D eigenvalue weighted by atomic mass is 16.4. The maximum absolute atomic E-state index is 11.3. The van der Waals surface area contributed by atoms with Crippen molar-refractivity contribution in [3.05, 3.63) is 0 Å². The molecular weight excluding hydrogens is 196 g/mol. The van der Waals surface area contributed by atoms with Crippen LogP contribution in [-0.4, -0.2) is 29.2 Å². The lowest BCUT2D eigenvalue weighted by Gasteiger charge is -2.45. The minimum atomic E-state index is -0.986. The number of hydrogen-bond donors (Lipinski definition) is 3. The second-order valence-corrected chi connectivity index (χ2v) is 4.93. The lowest BCUT2D eigenvalue weighted by molar-refractivity contribution is -0.143. The number of aliphatic carboxylic acids is 1. The molecule has 0 radical (unpaired) electrons. The van der Waals surface area contributed by atoms with E-state index in [9.17, 15) is 9.59 Å². The molecule has 5 heteroatoms. The van der Waals surface area contributed by atoms with Crippen molar-refractivity contribution in [3.8, 4) is 0 Å². The Morgan fingerprint density at radius 2 is 1.93 bits per heavy atom. The molecule has 2 amide bonds. The molecule has 0 aromatic carbocycles. The summed E-state index contributed by atoms with van der Waals surface area (Å²) in [6, 6.07) is -1.37. The van der Waals surface area contributed by atoms with E-state index in [1.54, 1.807) is 0 Å². The van der Waals surface area contributed by atoms with Gasteiger partial charge in [-0.25, -0.2) is 9.59 Å². The van der Waals surface area contributed by atoms with Crippen molar-refractivity contribution in [3.63, 3.8) is 0 Å². The van der Waals surface area contributed by atoms with Crippen molar-refractivity contribution in [1.82, 2.24) is 10.6 Å². The lowest BCUT2D eigenvalue weighted by atomic mass is 9.72. The molecule has 15 heavy (non-hydrogen) atoms. The molecule has 1 aliphatic rings. The van der Waals surface area contributed by atoms with E-state index in [1.165, 1.54) is 0 Å². The monoisotopic (exact) mass is 214 g/mol. The van der Waals surface area contributed by atoms with E-state index >= 15 is 0 Å². The second-order valence-electron chi connectivity index (χ2n) is 4.93. The summed E-state index contributed by atoms with van der Waals surface area (Å²) in [4.78, 5) is 22.3. The fourth-order valence-electron chi connectivity index (χ4n) is 2.27. The van der Waals surface area contributed by atoms with Gasteiger partial charge >= 0.3 is 12.0 Å². The first-order valence-electron chi connectivity index (χ1n) is 5.06. The predicted molar refractivity (Wildman–Crippen MR) is 55.5 cm³/mol. The Hall–Kier alpha value is -1.26. The van der Waals surface area contributed by atoms with Gasteiger partial charge in [0.05, 0.1) is 0 Å². The van der Waals surface area contributed by atoms with Gasteiger partial charge in [0.15, 0.2) is 0 Å². The van der Waals surface area contributed by atoms with E-state index in [0.717, 1.165) is 0 Å². The number of hydrogen-bond acceptors (Lipinski definition) is 2. The van der Waals surface area contributed by atoms with Crippen molar-refractivity contribution >= 4 is 12.0 Å². The SMILES string of the molecule is CC(C)C1NC(=O)NC(C(=O)O)C1(C)C. The molecule has 0 saturated carbocycles. The fraction of sp³-hybridized carbons (Fsp3) is 0.800. The smallest absolute Gasteiger partial charge is 0.326 e. The first kappa shape index (κ1) is 11.8. The lowest BCUT2D eigenvalue weighted by Crippen LogP contribution is -2.68. The van der Waals surface area contributed by atoms with Crippen LogP contribution in [0.1, 0.15) is 27.7 Å². The van der Waals surface area contributed by atoms with Crippen LogP contribution in [0.5, 0.6) is 0 Å². The van der Waals surface area contributed by atoms with Gasteiger partial charge in [-0.2, -0.15) is 0 Å².